The number of benzene rings is 2. The molecule has 4 rings (SSSR count). The van der Waals surface area contributed by atoms with E-state index in [1.165, 1.54) is 35.7 Å². The molecule has 0 N–H and O–H groups in total. The van der Waals surface area contributed by atoms with Crippen molar-refractivity contribution in [1.82, 2.24) is 19.0 Å². The molecule has 2 heterocycles. The molecule has 2 aromatic carbocycles. The second-order valence-corrected chi connectivity index (χ2v) is 9.15. The van der Waals surface area contributed by atoms with Gasteiger partial charge >= 0.3 is 5.97 Å². The molecule has 0 bridgehead atoms. The lowest BCUT2D eigenvalue weighted by molar-refractivity contribution is 0.0601. The van der Waals surface area contributed by atoms with E-state index in [0.717, 1.165) is 10.9 Å². The Bertz CT molecular complexity index is 1250. The van der Waals surface area contributed by atoms with Crippen LogP contribution in [0.4, 0.5) is 0 Å². The number of nitrogens with zero attached hydrogens (tertiary/aromatic N) is 5. The number of rotatable bonds is 5. The Morgan fingerprint density at radius 3 is 2.48 bits per heavy atom. The molecule has 1 fully saturated rings. The summed E-state index contributed by atoms with van der Waals surface area (Å²) >= 11 is 0. The third-order valence-corrected chi connectivity index (χ3v) is 7.26. The van der Waals surface area contributed by atoms with Gasteiger partial charge in [-0.3, -0.25) is 9.58 Å². The molecule has 1 aromatic heterocycles. The fourth-order valence-electron chi connectivity index (χ4n) is 3.60. The summed E-state index contributed by atoms with van der Waals surface area (Å²) in [5.74, 6) is -0.394. The van der Waals surface area contributed by atoms with Crippen LogP contribution in [0.25, 0.3) is 10.9 Å². The standard InChI is InChI=1S/C21H21N5O4S/c1-30-21(27)17-4-7-20-18(12-17)14-23-26(20)15-24-8-10-25(11-9-24)31(28,29)19-5-2-16(13-22)3-6-19/h2-7,12,14H,8-11,15H2,1H3. The lowest BCUT2D eigenvalue weighted by Crippen LogP contribution is -2.48. The Morgan fingerprint density at radius 2 is 1.84 bits per heavy atom. The molecule has 9 nitrogen and oxygen atoms in total. The molecule has 1 aliphatic heterocycles. The third kappa shape index (κ3) is 4.16. The number of fused-ring (bicyclic) bond motifs is 1. The van der Waals surface area contributed by atoms with Gasteiger partial charge in [-0.15, -0.1) is 0 Å². The first-order valence-corrected chi connectivity index (χ1v) is 11.1. The number of piperazine rings is 1. The van der Waals surface area contributed by atoms with Gasteiger partial charge < -0.3 is 4.74 Å². The van der Waals surface area contributed by atoms with Crippen LogP contribution in [-0.4, -0.2) is 66.7 Å². The Hall–Kier alpha value is -3.26. The molecule has 31 heavy (non-hydrogen) atoms. The number of nitriles is 1. The second-order valence-electron chi connectivity index (χ2n) is 7.21. The molecule has 10 heteroatoms. The van der Waals surface area contributed by atoms with Crippen molar-refractivity contribution in [3.63, 3.8) is 0 Å². The van der Waals surface area contributed by atoms with Crippen LogP contribution in [0.1, 0.15) is 15.9 Å². The van der Waals surface area contributed by atoms with E-state index in [9.17, 15) is 13.2 Å². The highest BCUT2D eigenvalue weighted by atomic mass is 32.2. The number of ether oxygens (including phenoxy) is 1. The van der Waals surface area contributed by atoms with Crippen molar-refractivity contribution >= 4 is 26.9 Å². The first-order valence-electron chi connectivity index (χ1n) is 9.69. The van der Waals surface area contributed by atoms with Crippen molar-refractivity contribution in [1.29, 1.82) is 5.26 Å². The van der Waals surface area contributed by atoms with Gasteiger partial charge in [0.25, 0.3) is 0 Å². The molecule has 0 spiro atoms. The quantitative estimate of drug-likeness (QED) is 0.556. The van der Waals surface area contributed by atoms with Crippen LogP contribution in [0.15, 0.2) is 53.6 Å². The molecule has 160 valence electrons. The fourth-order valence-corrected chi connectivity index (χ4v) is 5.02. The Kier molecular flexibility index (Phi) is 5.73. The zero-order valence-corrected chi connectivity index (χ0v) is 17.7. The monoisotopic (exact) mass is 439 g/mol. The number of hydrogen-bond acceptors (Lipinski definition) is 7. The minimum Gasteiger partial charge on any atom is -0.465 e. The van der Waals surface area contributed by atoms with Gasteiger partial charge in [0, 0.05) is 31.6 Å². The molecular weight excluding hydrogens is 418 g/mol. The van der Waals surface area contributed by atoms with Gasteiger partial charge in [0.05, 0.1) is 47.6 Å². The van der Waals surface area contributed by atoms with Crippen molar-refractivity contribution in [2.24, 2.45) is 0 Å². The highest BCUT2D eigenvalue weighted by Gasteiger charge is 2.28. The molecule has 0 unspecified atom stereocenters. The van der Waals surface area contributed by atoms with Crippen LogP contribution in [0.5, 0.6) is 0 Å². The van der Waals surface area contributed by atoms with Gasteiger partial charge in [0.1, 0.15) is 0 Å². The van der Waals surface area contributed by atoms with E-state index in [4.69, 9.17) is 10.00 Å². The maximum Gasteiger partial charge on any atom is 0.337 e. The van der Waals surface area contributed by atoms with Crippen molar-refractivity contribution in [3.8, 4) is 6.07 Å². The number of hydrogen-bond donors (Lipinski definition) is 0. The maximum absolute atomic E-state index is 12.9. The molecule has 1 aliphatic rings. The smallest absolute Gasteiger partial charge is 0.337 e. The van der Waals surface area contributed by atoms with Crippen LogP contribution in [-0.2, 0) is 21.4 Å². The maximum atomic E-state index is 12.9. The van der Waals surface area contributed by atoms with Crippen molar-refractivity contribution in [2.45, 2.75) is 11.6 Å². The zero-order chi connectivity index (χ0) is 22.0. The number of carbonyl (C=O) groups excluding carboxylic acids is 1. The number of esters is 1. The van der Waals surface area contributed by atoms with E-state index in [-0.39, 0.29) is 4.90 Å². The largest absolute Gasteiger partial charge is 0.465 e. The minimum absolute atomic E-state index is 0.194. The van der Waals surface area contributed by atoms with Crippen LogP contribution in [0.3, 0.4) is 0 Å². The summed E-state index contributed by atoms with van der Waals surface area (Å²) in [6.07, 6.45) is 1.70. The highest BCUT2D eigenvalue weighted by Crippen LogP contribution is 2.20. The molecular formula is C21H21N5O4S. The van der Waals surface area contributed by atoms with Crippen LogP contribution >= 0.6 is 0 Å². The van der Waals surface area contributed by atoms with Gasteiger partial charge in [0.15, 0.2) is 0 Å². The molecule has 0 atom stereocenters. The molecule has 0 aliphatic carbocycles. The predicted molar refractivity (Wildman–Crippen MR) is 113 cm³/mol. The Morgan fingerprint density at radius 1 is 1.13 bits per heavy atom. The molecule has 0 radical (unpaired) electrons. The summed E-state index contributed by atoms with van der Waals surface area (Å²) in [4.78, 5) is 14.0. The molecule has 0 amide bonds. The van der Waals surface area contributed by atoms with Gasteiger partial charge in [-0.1, -0.05) is 0 Å². The van der Waals surface area contributed by atoms with Gasteiger partial charge in [-0.05, 0) is 42.5 Å². The predicted octanol–water partition coefficient (Wildman–Crippen LogP) is 1.66. The Labute approximate surface area is 180 Å². The highest BCUT2D eigenvalue weighted by molar-refractivity contribution is 7.89. The van der Waals surface area contributed by atoms with Crippen molar-refractivity contribution < 1.29 is 17.9 Å². The fraction of sp³-hybridized carbons (Fsp3) is 0.286. The topological polar surface area (TPSA) is 109 Å². The molecule has 1 saturated heterocycles. The summed E-state index contributed by atoms with van der Waals surface area (Å²) in [5.41, 5.74) is 1.78. The third-order valence-electron chi connectivity index (χ3n) is 5.35. The number of methoxy groups -OCH3 is 1. The van der Waals surface area contributed by atoms with Crippen LogP contribution < -0.4 is 0 Å². The van der Waals surface area contributed by atoms with Crippen molar-refractivity contribution in [2.75, 3.05) is 33.3 Å². The zero-order valence-electron chi connectivity index (χ0n) is 16.9. The summed E-state index contributed by atoms with van der Waals surface area (Å²) in [7, 11) is -2.25. The average molecular weight is 439 g/mol. The van der Waals surface area contributed by atoms with E-state index >= 15 is 0 Å². The molecule has 0 saturated carbocycles. The second kappa shape index (κ2) is 8.47. The minimum atomic E-state index is -3.59. The molecule has 3 aromatic rings. The summed E-state index contributed by atoms with van der Waals surface area (Å²) in [6.45, 7) is 2.39. The Balaban J connectivity index is 1.42. The van der Waals surface area contributed by atoms with Gasteiger partial charge in [-0.2, -0.15) is 14.7 Å². The van der Waals surface area contributed by atoms with Crippen molar-refractivity contribution in [3.05, 3.63) is 59.8 Å². The van der Waals surface area contributed by atoms with Crippen LogP contribution in [0, 0.1) is 11.3 Å². The van der Waals surface area contributed by atoms with E-state index < -0.39 is 16.0 Å². The van der Waals surface area contributed by atoms with E-state index in [0.29, 0.717) is 44.0 Å². The van der Waals surface area contributed by atoms with Gasteiger partial charge in [-0.25, -0.2) is 13.2 Å². The van der Waals surface area contributed by atoms with E-state index in [1.54, 1.807) is 18.3 Å². The van der Waals surface area contributed by atoms with Gasteiger partial charge in [0.2, 0.25) is 10.0 Å². The number of aromatic nitrogens is 2. The normalized spacial score (nSPS) is 15.6. The number of sulfonamides is 1. The van der Waals surface area contributed by atoms with Crippen LogP contribution in [0.2, 0.25) is 0 Å². The number of carbonyl (C=O) groups is 1. The first-order chi connectivity index (χ1) is 14.9. The summed E-state index contributed by atoms with van der Waals surface area (Å²) in [6, 6.07) is 13.2. The lowest BCUT2D eigenvalue weighted by atomic mass is 10.1. The van der Waals surface area contributed by atoms with E-state index in [2.05, 4.69) is 10.00 Å². The first kappa shape index (κ1) is 21.0. The van der Waals surface area contributed by atoms with E-state index in [1.807, 2.05) is 16.8 Å². The SMILES string of the molecule is COC(=O)c1ccc2c(cnn2CN2CCN(S(=O)(=O)c3ccc(C#N)cc3)CC2)c1. The average Bonchev–Trinajstić information content (AvgIpc) is 3.20. The lowest BCUT2D eigenvalue weighted by Gasteiger charge is -2.33. The summed E-state index contributed by atoms with van der Waals surface area (Å²) < 4.78 is 33.8. The summed E-state index contributed by atoms with van der Waals surface area (Å²) in [5, 5.41) is 14.1.